The molecule has 570 valence electrons. The van der Waals surface area contributed by atoms with Gasteiger partial charge in [-0.25, -0.2) is 9.13 Å². The van der Waals surface area contributed by atoms with E-state index in [0.717, 1.165) is 114 Å². The Labute approximate surface area is 588 Å². The number of unbranched alkanes of at least 4 members (excludes halogenated alkanes) is 40. The summed E-state index contributed by atoms with van der Waals surface area (Å²) in [5.74, 6) is 0.915. The summed E-state index contributed by atoms with van der Waals surface area (Å²) in [7, 11) is -9.91. The summed E-state index contributed by atoms with van der Waals surface area (Å²) in [6.45, 7) is 14.2. The lowest BCUT2D eigenvalue weighted by atomic mass is 10.0. The van der Waals surface area contributed by atoms with E-state index >= 15 is 0 Å². The Kier molecular flexibility index (Phi) is 65.0. The molecule has 0 aromatic carbocycles. The van der Waals surface area contributed by atoms with Crippen LogP contribution in [0.2, 0.25) is 0 Å². The molecule has 5 atom stereocenters. The smallest absolute Gasteiger partial charge is 0.462 e. The molecular formula is C77H150O17P2. The van der Waals surface area contributed by atoms with Gasteiger partial charge in [-0.2, -0.15) is 0 Å². The van der Waals surface area contributed by atoms with Gasteiger partial charge in [-0.3, -0.25) is 37.3 Å². The van der Waals surface area contributed by atoms with E-state index < -0.39 is 97.5 Å². The second-order valence-corrected chi connectivity index (χ2v) is 32.6. The summed E-state index contributed by atoms with van der Waals surface area (Å²) >= 11 is 0. The van der Waals surface area contributed by atoms with Crippen molar-refractivity contribution >= 4 is 39.5 Å². The van der Waals surface area contributed by atoms with Crippen LogP contribution in [0.4, 0.5) is 0 Å². The lowest BCUT2D eigenvalue weighted by molar-refractivity contribution is -0.161. The van der Waals surface area contributed by atoms with Crippen molar-refractivity contribution in [3.8, 4) is 0 Å². The molecule has 0 saturated heterocycles. The van der Waals surface area contributed by atoms with Gasteiger partial charge < -0.3 is 33.8 Å². The van der Waals surface area contributed by atoms with E-state index in [9.17, 15) is 43.2 Å². The number of esters is 4. The molecule has 17 nitrogen and oxygen atoms in total. The fourth-order valence-electron chi connectivity index (χ4n) is 11.7. The number of phosphoric ester groups is 2. The zero-order chi connectivity index (χ0) is 71.0. The molecule has 0 rings (SSSR count). The van der Waals surface area contributed by atoms with Crippen LogP contribution in [0.25, 0.3) is 0 Å². The van der Waals surface area contributed by atoms with Gasteiger partial charge >= 0.3 is 39.5 Å². The van der Waals surface area contributed by atoms with Gasteiger partial charge in [-0.15, -0.1) is 0 Å². The lowest BCUT2D eigenvalue weighted by Crippen LogP contribution is -2.30. The largest absolute Gasteiger partial charge is 0.472 e. The Morgan fingerprint density at radius 2 is 0.438 bits per heavy atom. The Hall–Kier alpha value is -1.94. The number of aliphatic hydroxyl groups excluding tert-OH is 1. The van der Waals surface area contributed by atoms with Crippen molar-refractivity contribution in [2.45, 2.75) is 408 Å². The van der Waals surface area contributed by atoms with E-state index in [-0.39, 0.29) is 25.7 Å². The first-order valence-corrected chi connectivity index (χ1v) is 42.7. The van der Waals surface area contributed by atoms with Gasteiger partial charge in [0.2, 0.25) is 0 Å². The number of aliphatic hydroxyl groups is 1. The van der Waals surface area contributed by atoms with Gasteiger partial charge in [0.25, 0.3) is 0 Å². The average molecular weight is 1410 g/mol. The number of hydrogen-bond acceptors (Lipinski definition) is 15. The number of hydrogen-bond donors (Lipinski definition) is 3. The minimum Gasteiger partial charge on any atom is -0.462 e. The van der Waals surface area contributed by atoms with Gasteiger partial charge in [-0.1, -0.05) is 338 Å². The van der Waals surface area contributed by atoms with Crippen molar-refractivity contribution in [3.63, 3.8) is 0 Å². The molecule has 3 unspecified atom stereocenters. The zero-order valence-electron chi connectivity index (χ0n) is 63.0. The minimum atomic E-state index is -4.96. The van der Waals surface area contributed by atoms with Crippen LogP contribution in [0.1, 0.15) is 389 Å². The maximum absolute atomic E-state index is 13.1. The second kappa shape index (κ2) is 66.3. The molecule has 96 heavy (non-hydrogen) atoms. The lowest BCUT2D eigenvalue weighted by Gasteiger charge is -2.21. The summed E-state index contributed by atoms with van der Waals surface area (Å²) in [5, 5.41) is 10.6. The SMILES string of the molecule is CC(C)CCCCCCCCCCCCCCCCCC(=O)O[C@H](COC(=O)CCCCCCCCCC(C)C)COP(=O)(O)OCC(O)COP(=O)(O)OC[C@@H](COC(=O)CCCCCCCCCCCCCCCC(C)C)OC(=O)CCCCCCCCCCCC(C)C. The average Bonchev–Trinajstić information content (AvgIpc) is 2.53. The molecule has 0 amide bonds. The van der Waals surface area contributed by atoms with E-state index in [1.165, 1.54) is 186 Å². The normalized spacial score (nSPS) is 14.1. The highest BCUT2D eigenvalue weighted by atomic mass is 31.2. The first kappa shape index (κ1) is 94.1. The summed E-state index contributed by atoms with van der Waals surface area (Å²) in [4.78, 5) is 72.8. The second-order valence-electron chi connectivity index (χ2n) is 29.7. The Bertz CT molecular complexity index is 1880. The summed E-state index contributed by atoms with van der Waals surface area (Å²) in [5.41, 5.74) is 0. The van der Waals surface area contributed by atoms with Crippen molar-refractivity contribution in [2.75, 3.05) is 39.6 Å². The summed E-state index contributed by atoms with van der Waals surface area (Å²) < 4.78 is 68.5. The molecule has 0 aliphatic heterocycles. The van der Waals surface area contributed by atoms with Crippen LogP contribution in [0.3, 0.4) is 0 Å². The molecule has 0 aromatic rings. The van der Waals surface area contributed by atoms with Crippen LogP contribution < -0.4 is 0 Å². The van der Waals surface area contributed by atoms with E-state index in [1.54, 1.807) is 0 Å². The molecule has 0 aliphatic carbocycles. The quantitative estimate of drug-likeness (QED) is 0.0222. The number of ether oxygens (including phenoxy) is 4. The van der Waals surface area contributed by atoms with Crippen molar-refractivity contribution in [3.05, 3.63) is 0 Å². The molecular weight excluding hydrogens is 1260 g/mol. The topological polar surface area (TPSA) is 237 Å². The fourth-order valence-corrected chi connectivity index (χ4v) is 13.3. The third-order valence-electron chi connectivity index (χ3n) is 17.8. The van der Waals surface area contributed by atoms with Gasteiger partial charge in [0.05, 0.1) is 26.4 Å². The van der Waals surface area contributed by atoms with E-state index in [2.05, 4.69) is 55.4 Å². The van der Waals surface area contributed by atoms with E-state index in [0.29, 0.717) is 31.6 Å². The minimum absolute atomic E-state index is 0.105. The molecule has 0 spiro atoms. The van der Waals surface area contributed by atoms with Crippen LogP contribution in [0, 0.1) is 23.7 Å². The third-order valence-corrected chi connectivity index (χ3v) is 19.7. The Morgan fingerprint density at radius 3 is 0.646 bits per heavy atom. The first-order chi connectivity index (χ1) is 46.1. The van der Waals surface area contributed by atoms with Crippen molar-refractivity contribution in [2.24, 2.45) is 23.7 Å². The van der Waals surface area contributed by atoms with E-state index in [1.807, 2.05) is 0 Å². The van der Waals surface area contributed by atoms with Crippen LogP contribution in [0.15, 0.2) is 0 Å². The molecule has 0 aromatic heterocycles. The van der Waals surface area contributed by atoms with Gasteiger partial charge in [0, 0.05) is 25.7 Å². The Morgan fingerprint density at radius 1 is 0.260 bits per heavy atom. The van der Waals surface area contributed by atoms with Crippen LogP contribution in [0.5, 0.6) is 0 Å². The van der Waals surface area contributed by atoms with Gasteiger partial charge in [0.15, 0.2) is 12.2 Å². The zero-order valence-corrected chi connectivity index (χ0v) is 64.8. The van der Waals surface area contributed by atoms with Crippen LogP contribution in [-0.4, -0.2) is 96.7 Å². The van der Waals surface area contributed by atoms with Crippen LogP contribution in [-0.2, 0) is 65.4 Å². The number of carbonyl (C=O) groups excluding carboxylic acids is 4. The molecule has 0 heterocycles. The first-order valence-electron chi connectivity index (χ1n) is 39.7. The number of rotatable bonds is 74. The molecule has 3 N–H and O–H groups in total. The number of phosphoric acid groups is 2. The summed E-state index contributed by atoms with van der Waals surface area (Å²) in [6.07, 6.45) is 51.4. The maximum atomic E-state index is 13.1. The standard InChI is InChI=1S/C77H150O17P2/c1-67(2)53-45-37-29-22-17-13-10-9-11-15-20-26-34-43-51-59-76(81)93-73(64-88-75(80)58-50-42-36-28-32-40-48-56-70(7)8)66-92-96(85,86)90-62-71(78)61-89-95(83,84)91-65-72(94-77(82)60-52-44-35-27-21-24-31-39-47-55-69(5)6)63-87-74(79)57-49-41-33-25-19-16-12-14-18-23-30-38-46-54-68(3)4/h67-73,78H,9-66H2,1-8H3,(H,83,84)(H,85,86)/t71?,72-,73-/m1/s1. The monoisotopic (exact) mass is 1410 g/mol. The van der Waals surface area contributed by atoms with Crippen molar-refractivity contribution in [1.29, 1.82) is 0 Å². The van der Waals surface area contributed by atoms with Crippen molar-refractivity contribution in [1.82, 2.24) is 0 Å². The molecule has 0 radical (unpaired) electrons. The van der Waals surface area contributed by atoms with Gasteiger partial charge in [-0.05, 0) is 49.4 Å². The third kappa shape index (κ3) is 70.5. The highest BCUT2D eigenvalue weighted by Crippen LogP contribution is 2.45. The van der Waals surface area contributed by atoms with Crippen molar-refractivity contribution < 1.29 is 80.2 Å². The van der Waals surface area contributed by atoms with E-state index in [4.69, 9.17) is 37.0 Å². The predicted octanol–water partition coefficient (Wildman–Crippen LogP) is 22.4. The highest BCUT2D eigenvalue weighted by molar-refractivity contribution is 7.47. The molecule has 19 heteroatoms. The molecule has 0 fully saturated rings. The number of carbonyl (C=O) groups is 4. The maximum Gasteiger partial charge on any atom is 0.472 e. The molecule has 0 aliphatic rings. The fraction of sp³-hybridized carbons (Fsp3) is 0.948. The highest BCUT2D eigenvalue weighted by Gasteiger charge is 2.30. The molecule has 0 saturated carbocycles. The van der Waals surface area contributed by atoms with Gasteiger partial charge in [0.1, 0.15) is 19.3 Å². The summed E-state index contributed by atoms with van der Waals surface area (Å²) in [6, 6.07) is 0. The van der Waals surface area contributed by atoms with Crippen LogP contribution >= 0.6 is 15.6 Å². The Balaban J connectivity index is 5.22. The predicted molar refractivity (Wildman–Crippen MR) is 391 cm³/mol. The molecule has 0 bridgehead atoms.